The van der Waals surface area contributed by atoms with Crippen molar-refractivity contribution in [2.45, 2.75) is 35.4 Å². The molecule has 0 bridgehead atoms. The third kappa shape index (κ3) is 2.92. The first-order chi connectivity index (χ1) is 9.24. The van der Waals surface area contributed by atoms with Crippen LogP contribution in [0, 0.1) is 5.41 Å². The highest BCUT2D eigenvalue weighted by Crippen LogP contribution is 2.37. The number of halogens is 3. The molecular formula is C11H12Cl3NO5. The number of alkyl halides is 3. The van der Waals surface area contributed by atoms with Gasteiger partial charge in [-0.25, -0.2) is 4.79 Å². The molecule has 6 nitrogen and oxygen atoms in total. The number of nitrogens with one attached hydrogen (secondary N) is 1. The maximum Gasteiger partial charge on any atom is 0.509 e. The molecule has 9 heteroatoms. The quantitative estimate of drug-likeness (QED) is 0.484. The maximum atomic E-state index is 11.3. The zero-order valence-corrected chi connectivity index (χ0v) is 12.9. The third-order valence-corrected chi connectivity index (χ3v) is 3.71. The predicted octanol–water partition coefficient (Wildman–Crippen LogP) is 2.95. The standard InChI is InChI=1S/C11H12Cl3NO5/c1-4-7(17-2)9-8(19-10(16)20-9)5(18-4)3-6(15)11(12,13)14/h5,8-9,15H,3H2,1-2H3. The maximum absolute atomic E-state index is 11.3. The number of carbonyl (C=O) groups excluding carboxylic acids is 1. The molecule has 0 amide bonds. The first kappa shape index (κ1) is 15.5. The van der Waals surface area contributed by atoms with Gasteiger partial charge in [0.2, 0.25) is 9.90 Å². The van der Waals surface area contributed by atoms with Crippen LogP contribution in [0.1, 0.15) is 13.3 Å². The number of carbonyl (C=O) groups is 1. The SMILES string of the molecule is COC1=C(C)OC(CC(=N)C(Cl)(Cl)Cl)C2OC(=O)OC12. The van der Waals surface area contributed by atoms with Crippen molar-refractivity contribution >= 4 is 46.7 Å². The molecule has 0 aromatic rings. The highest BCUT2D eigenvalue weighted by Gasteiger charge is 2.51. The fourth-order valence-corrected chi connectivity index (χ4v) is 2.36. The van der Waals surface area contributed by atoms with Crippen LogP contribution in [0.15, 0.2) is 11.5 Å². The van der Waals surface area contributed by atoms with Crippen molar-refractivity contribution in [3.63, 3.8) is 0 Å². The lowest BCUT2D eigenvalue weighted by atomic mass is 9.98. The molecule has 0 aromatic heterocycles. The Morgan fingerprint density at radius 3 is 2.55 bits per heavy atom. The number of methoxy groups -OCH3 is 1. The summed E-state index contributed by atoms with van der Waals surface area (Å²) in [5.41, 5.74) is -0.164. The van der Waals surface area contributed by atoms with Crippen LogP contribution in [0.3, 0.4) is 0 Å². The van der Waals surface area contributed by atoms with Crippen LogP contribution in [-0.4, -0.2) is 41.1 Å². The zero-order valence-electron chi connectivity index (χ0n) is 10.6. The average molecular weight is 345 g/mol. The fourth-order valence-electron chi connectivity index (χ4n) is 2.13. The van der Waals surface area contributed by atoms with Gasteiger partial charge in [-0.1, -0.05) is 34.8 Å². The summed E-state index contributed by atoms with van der Waals surface area (Å²) in [6.07, 6.45) is -2.96. The Kier molecular flexibility index (Phi) is 4.27. The molecule has 0 spiro atoms. The second-order valence-electron chi connectivity index (χ2n) is 4.33. The third-order valence-electron chi connectivity index (χ3n) is 3.02. The number of hydrogen-bond donors (Lipinski definition) is 1. The lowest BCUT2D eigenvalue weighted by Crippen LogP contribution is -2.44. The van der Waals surface area contributed by atoms with Crippen LogP contribution in [0.25, 0.3) is 0 Å². The Bertz CT molecular complexity index is 473. The summed E-state index contributed by atoms with van der Waals surface area (Å²) >= 11 is 16.9. The minimum atomic E-state index is -1.83. The smallest absolute Gasteiger partial charge is 0.494 e. The van der Waals surface area contributed by atoms with Gasteiger partial charge in [-0.2, -0.15) is 0 Å². The summed E-state index contributed by atoms with van der Waals surface area (Å²) in [6.45, 7) is 1.66. The normalized spacial score (nSPS) is 29.2. The number of ether oxygens (including phenoxy) is 4. The summed E-state index contributed by atoms with van der Waals surface area (Å²) in [6, 6.07) is 0. The van der Waals surface area contributed by atoms with E-state index in [1.54, 1.807) is 6.92 Å². The molecule has 1 saturated heterocycles. The van der Waals surface area contributed by atoms with Crippen LogP contribution < -0.4 is 0 Å². The first-order valence-electron chi connectivity index (χ1n) is 5.67. The van der Waals surface area contributed by atoms with Crippen molar-refractivity contribution in [3.05, 3.63) is 11.5 Å². The van der Waals surface area contributed by atoms with Crippen LogP contribution in [0.4, 0.5) is 4.79 Å². The van der Waals surface area contributed by atoms with Crippen LogP contribution in [-0.2, 0) is 18.9 Å². The molecule has 3 atom stereocenters. The van der Waals surface area contributed by atoms with Crippen LogP contribution >= 0.6 is 34.8 Å². The largest absolute Gasteiger partial charge is 0.509 e. The van der Waals surface area contributed by atoms with E-state index in [1.165, 1.54) is 7.11 Å². The van der Waals surface area contributed by atoms with E-state index >= 15 is 0 Å². The van der Waals surface area contributed by atoms with Gasteiger partial charge in [-0.3, -0.25) is 0 Å². The van der Waals surface area contributed by atoms with Gasteiger partial charge >= 0.3 is 6.16 Å². The van der Waals surface area contributed by atoms with E-state index in [0.717, 1.165) is 0 Å². The molecule has 2 aliphatic rings. The predicted molar refractivity (Wildman–Crippen MR) is 72.4 cm³/mol. The van der Waals surface area contributed by atoms with Crippen LogP contribution in [0.2, 0.25) is 0 Å². The second kappa shape index (κ2) is 5.50. The summed E-state index contributed by atoms with van der Waals surface area (Å²) in [4.78, 5) is 11.3. The topological polar surface area (TPSA) is 77.8 Å². The van der Waals surface area contributed by atoms with Crippen molar-refractivity contribution in [2.75, 3.05) is 7.11 Å². The van der Waals surface area contributed by atoms with E-state index in [4.69, 9.17) is 59.2 Å². The summed E-state index contributed by atoms with van der Waals surface area (Å²) in [7, 11) is 1.44. The van der Waals surface area contributed by atoms with Gasteiger partial charge < -0.3 is 24.4 Å². The molecule has 0 aromatic carbocycles. The molecule has 2 aliphatic heterocycles. The number of rotatable bonds is 3. The molecule has 112 valence electrons. The van der Waals surface area contributed by atoms with Gasteiger partial charge in [0.1, 0.15) is 11.9 Å². The van der Waals surface area contributed by atoms with Gasteiger partial charge in [-0.15, -0.1) is 0 Å². The molecule has 20 heavy (non-hydrogen) atoms. The Morgan fingerprint density at radius 1 is 1.35 bits per heavy atom. The second-order valence-corrected chi connectivity index (χ2v) is 6.61. The van der Waals surface area contributed by atoms with E-state index in [2.05, 4.69) is 0 Å². The van der Waals surface area contributed by atoms with Crippen molar-refractivity contribution in [1.82, 2.24) is 0 Å². The minimum Gasteiger partial charge on any atom is -0.494 e. The fraction of sp³-hybridized carbons (Fsp3) is 0.636. The van der Waals surface area contributed by atoms with Crippen molar-refractivity contribution in [3.8, 4) is 0 Å². The molecule has 0 radical (unpaired) electrons. The minimum absolute atomic E-state index is 0.0113. The van der Waals surface area contributed by atoms with Crippen molar-refractivity contribution in [2.24, 2.45) is 0 Å². The summed E-state index contributed by atoms with van der Waals surface area (Å²) < 4.78 is 19.0. The Hall–Kier alpha value is -0.850. The summed E-state index contributed by atoms with van der Waals surface area (Å²) in [5.74, 6) is 0.812. The molecule has 2 rings (SSSR count). The monoisotopic (exact) mass is 343 g/mol. The first-order valence-corrected chi connectivity index (χ1v) is 6.80. The van der Waals surface area contributed by atoms with E-state index < -0.39 is 28.3 Å². The highest BCUT2D eigenvalue weighted by molar-refractivity contribution is 6.76. The molecule has 1 N–H and O–H groups in total. The van der Waals surface area contributed by atoms with E-state index in [9.17, 15) is 4.79 Å². The Morgan fingerprint density at radius 2 is 2.00 bits per heavy atom. The van der Waals surface area contributed by atoms with Crippen LogP contribution in [0.5, 0.6) is 0 Å². The van der Waals surface area contributed by atoms with Gasteiger partial charge in [0.25, 0.3) is 0 Å². The van der Waals surface area contributed by atoms with Gasteiger partial charge in [0.05, 0.1) is 12.8 Å². The van der Waals surface area contributed by atoms with Gasteiger partial charge in [0.15, 0.2) is 11.9 Å². The average Bonchev–Trinajstić information content (AvgIpc) is 2.70. The Labute approximate surface area is 130 Å². The van der Waals surface area contributed by atoms with Crippen molar-refractivity contribution in [1.29, 1.82) is 5.41 Å². The summed E-state index contributed by atoms with van der Waals surface area (Å²) in [5, 5.41) is 7.73. The number of hydrogen-bond acceptors (Lipinski definition) is 6. The molecule has 0 saturated carbocycles. The van der Waals surface area contributed by atoms with Gasteiger partial charge in [-0.05, 0) is 6.92 Å². The Balaban J connectivity index is 2.22. The molecule has 1 fully saturated rings. The highest BCUT2D eigenvalue weighted by atomic mass is 35.6. The number of allylic oxidation sites excluding steroid dienone is 1. The zero-order chi connectivity index (χ0) is 15.1. The van der Waals surface area contributed by atoms with E-state index in [0.29, 0.717) is 11.5 Å². The molecule has 3 unspecified atom stereocenters. The lowest BCUT2D eigenvalue weighted by Gasteiger charge is -2.33. The lowest BCUT2D eigenvalue weighted by molar-refractivity contribution is -0.0393. The van der Waals surface area contributed by atoms with E-state index in [1.807, 2.05) is 0 Å². The van der Waals surface area contributed by atoms with Gasteiger partial charge in [0, 0.05) is 6.42 Å². The molecule has 2 heterocycles. The number of fused-ring (bicyclic) bond motifs is 1. The van der Waals surface area contributed by atoms with Crippen molar-refractivity contribution < 1.29 is 23.7 Å². The molecular weight excluding hydrogens is 332 g/mol. The molecule has 0 aliphatic carbocycles. The van der Waals surface area contributed by atoms with E-state index in [-0.39, 0.29) is 12.1 Å².